The zero-order chi connectivity index (χ0) is 6.97. The van der Waals surface area contributed by atoms with Crippen molar-refractivity contribution in [2.75, 3.05) is 0 Å². The van der Waals surface area contributed by atoms with E-state index >= 15 is 0 Å². The van der Waals surface area contributed by atoms with Gasteiger partial charge in [0, 0.05) is 5.56 Å². The average Bonchev–Trinajstić information content (AvgIpc) is 2.34. The molecule has 1 heterocycles. The van der Waals surface area contributed by atoms with E-state index in [9.17, 15) is 0 Å². The van der Waals surface area contributed by atoms with Crippen molar-refractivity contribution in [3.05, 3.63) is 35.4 Å². The Bertz CT molecular complexity index is 245. The van der Waals surface area contributed by atoms with Gasteiger partial charge in [-0.25, -0.2) is 0 Å². The normalized spacial score (nSPS) is 22.7. The van der Waals surface area contributed by atoms with Gasteiger partial charge in [0.2, 0.25) is 0 Å². The molecule has 0 saturated heterocycles. The average molecular weight is 136 g/mol. The number of fused-ring (bicyclic) bond motifs is 1. The van der Waals surface area contributed by atoms with Crippen LogP contribution in [-0.4, -0.2) is 5.11 Å². The Morgan fingerprint density at radius 1 is 1.40 bits per heavy atom. The van der Waals surface area contributed by atoms with Crippen LogP contribution in [0.15, 0.2) is 24.3 Å². The van der Waals surface area contributed by atoms with Crippen LogP contribution in [0.1, 0.15) is 17.4 Å². The summed E-state index contributed by atoms with van der Waals surface area (Å²) in [6.07, 6.45) is -0.698. The molecular formula is C8H8O2. The Morgan fingerprint density at radius 3 is 3.00 bits per heavy atom. The van der Waals surface area contributed by atoms with E-state index in [2.05, 4.69) is 0 Å². The summed E-state index contributed by atoms with van der Waals surface area (Å²) in [5.74, 6) is 0. The van der Waals surface area contributed by atoms with E-state index in [-0.39, 0.29) is 0 Å². The van der Waals surface area contributed by atoms with E-state index in [1.54, 1.807) is 0 Å². The van der Waals surface area contributed by atoms with Gasteiger partial charge in [-0.3, -0.25) is 0 Å². The van der Waals surface area contributed by atoms with Gasteiger partial charge < -0.3 is 9.84 Å². The lowest BCUT2D eigenvalue weighted by Crippen LogP contribution is -1.90. The third-order valence-corrected chi connectivity index (χ3v) is 1.72. The quantitative estimate of drug-likeness (QED) is 0.580. The third-order valence-electron chi connectivity index (χ3n) is 1.72. The molecule has 0 amide bonds. The van der Waals surface area contributed by atoms with E-state index in [1.165, 1.54) is 0 Å². The van der Waals surface area contributed by atoms with Gasteiger partial charge in [0.05, 0.1) is 6.61 Å². The summed E-state index contributed by atoms with van der Waals surface area (Å²) in [7, 11) is 0. The van der Waals surface area contributed by atoms with Gasteiger partial charge in [-0.05, 0) is 5.56 Å². The molecule has 2 nitrogen and oxygen atoms in total. The highest BCUT2D eigenvalue weighted by Crippen LogP contribution is 2.27. The monoisotopic (exact) mass is 136 g/mol. The molecule has 1 aromatic carbocycles. The highest BCUT2D eigenvalue weighted by atomic mass is 16.6. The second kappa shape index (κ2) is 2.08. The van der Waals surface area contributed by atoms with Crippen molar-refractivity contribution in [2.24, 2.45) is 0 Å². The Balaban J connectivity index is 2.51. The summed E-state index contributed by atoms with van der Waals surface area (Å²) in [5.41, 5.74) is 2.00. The minimum atomic E-state index is -0.698. The molecule has 0 radical (unpaired) electrons. The van der Waals surface area contributed by atoms with Crippen LogP contribution in [0.2, 0.25) is 0 Å². The molecule has 1 N–H and O–H groups in total. The first-order valence-corrected chi connectivity index (χ1v) is 3.25. The van der Waals surface area contributed by atoms with Crippen molar-refractivity contribution in [1.82, 2.24) is 0 Å². The molecule has 0 fully saturated rings. The van der Waals surface area contributed by atoms with Crippen LogP contribution in [0.4, 0.5) is 0 Å². The molecule has 1 atom stereocenters. The van der Waals surface area contributed by atoms with Crippen LogP contribution < -0.4 is 0 Å². The van der Waals surface area contributed by atoms with Gasteiger partial charge in [-0.2, -0.15) is 0 Å². The molecule has 1 aliphatic heterocycles. The largest absolute Gasteiger partial charge is 0.364 e. The second-order valence-corrected chi connectivity index (χ2v) is 2.36. The lowest BCUT2D eigenvalue weighted by atomic mass is 10.1. The minimum Gasteiger partial charge on any atom is -0.364 e. The van der Waals surface area contributed by atoms with Crippen LogP contribution in [-0.2, 0) is 11.3 Å². The first-order valence-electron chi connectivity index (χ1n) is 3.25. The fraction of sp³-hybridized carbons (Fsp3) is 0.250. The number of benzene rings is 1. The molecule has 52 valence electrons. The molecule has 2 heteroatoms. The van der Waals surface area contributed by atoms with Crippen molar-refractivity contribution in [3.8, 4) is 0 Å². The van der Waals surface area contributed by atoms with Gasteiger partial charge in [0.15, 0.2) is 6.29 Å². The summed E-state index contributed by atoms with van der Waals surface area (Å²) < 4.78 is 4.98. The Hall–Kier alpha value is -0.860. The number of ether oxygens (including phenoxy) is 1. The molecule has 2 rings (SSSR count). The Kier molecular flexibility index (Phi) is 1.22. The smallest absolute Gasteiger partial charge is 0.181 e. The SMILES string of the molecule is O[C@H]1OCc2ccccc21. The fourth-order valence-electron chi connectivity index (χ4n) is 1.17. The number of hydrogen-bond acceptors (Lipinski definition) is 2. The molecule has 0 spiro atoms. The Morgan fingerprint density at radius 2 is 2.20 bits per heavy atom. The van der Waals surface area contributed by atoms with Crippen molar-refractivity contribution < 1.29 is 9.84 Å². The van der Waals surface area contributed by atoms with E-state index < -0.39 is 6.29 Å². The zero-order valence-electron chi connectivity index (χ0n) is 5.45. The van der Waals surface area contributed by atoms with E-state index in [0.717, 1.165) is 11.1 Å². The van der Waals surface area contributed by atoms with Crippen LogP contribution in [0.5, 0.6) is 0 Å². The number of hydrogen-bond donors (Lipinski definition) is 1. The van der Waals surface area contributed by atoms with E-state index in [4.69, 9.17) is 9.84 Å². The van der Waals surface area contributed by atoms with E-state index in [0.29, 0.717) is 6.61 Å². The molecule has 1 aliphatic rings. The van der Waals surface area contributed by atoms with Crippen LogP contribution in [0, 0.1) is 0 Å². The topological polar surface area (TPSA) is 29.5 Å². The fourth-order valence-corrected chi connectivity index (χ4v) is 1.17. The first kappa shape index (κ1) is 5.89. The maximum Gasteiger partial charge on any atom is 0.181 e. The molecule has 1 aromatic rings. The maximum atomic E-state index is 9.16. The van der Waals surface area contributed by atoms with Gasteiger partial charge in [-0.1, -0.05) is 24.3 Å². The Labute approximate surface area is 59.1 Å². The van der Waals surface area contributed by atoms with Gasteiger partial charge in [0.1, 0.15) is 0 Å². The predicted molar refractivity (Wildman–Crippen MR) is 36.2 cm³/mol. The van der Waals surface area contributed by atoms with Gasteiger partial charge in [-0.15, -0.1) is 0 Å². The van der Waals surface area contributed by atoms with Crippen molar-refractivity contribution >= 4 is 0 Å². The lowest BCUT2D eigenvalue weighted by molar-refractivity contribution is -0.0918. The molecule has 0 aromatic heterocycles. The lowest BCUT2D eigenvalue weighted by Gasteiger charge is -1.99. The van der Waals surface area contributed by atoms with Crippen molar-refractivity contribution in [2.45, 2.75) is 12.9 Å². The van der Waals surface area contributed by atoms with E-state index in [1.807, 2.05) is 24.3 Å². The van der Waals surface area contributed by atoms with Crippen LogP contribution >= 0.6 is 0 Å². The summed E-state index contributed by atoms with van der Waals surface area (Å²) in [4.78, 5) is 0. The highest BCUT2D eigenvalue weighted by Gasteiger charge is 2.18. The van der Waals surface area contributed by atoms with Crippen molar-refractivity contribution in [1.29, 1.82) is 0 Å². The standard InChI is InChI=1S/C8H8O2/c9-8-7-4-2-1-3-6(7)5-10-8/h1-4,8-9H,5H2/t8-/m0/s1. The molecular weight excluding hydrogens is 128 g/mol. The number of aliphatic hydroxyl groups excluding tert-OH is 1. The minimum absolute atomic E-state index is 0.539. The van der Waals surface area contributed by atoms with Crippen molar-refractivity contribution in [3.63, 3.8) is 0 Å². The van der Waals surface area contributed by atoms with Gasteiger partial charge >= 0.3 is 0 Å². The zero-order valence-corrected chi connectivity index (χ0v) is 5.45. The first-order chi connectivity index (χ1) is 4.88. The maximum absolute atomic E-state index is 9.16. The number of aliphatic hydroxyl groups is 1. The second-order valence-electron chi connectivity index (χ2n) is 2.36. The molecule has 10 heavy (non-hydrogen) atoms. The summed E-state index contributed by atoms with van der Waals surface area (Å²) in [5, 5.41) is 9.16. The van der Waals surface area contributed by atoms with Crippen LogP contribution in [0.25, 0.3) is 0 Å². The number of rotatable bonds is 0. The molecule has 0 bridgehead atoms. The third kappa shape index (κ3) is 0.735. The molecule has 0 aliphatic carbocycles. The van der Waals surface area contributed by atoms with Crippen LogP contribution in [0.3, 0.4) is 0 Å². The summed E-state index contributed by atoms with van der Waals surface area (Å²) in [6.45, 7) is 0.539. The van der Waals surface area contributed by atoms with Gasteiger partial charge in [0.25, 0.3) is 0 Å². The predicted octanol–water partition coefficient (Wildman–Crippen LogP) is 1.21. The summed E-state index contributed by atoms with van der Waals surface area (Å²) >= 11 is 0. The molecule has 0 unspecified atom stereocenters. The highest BCUT2D eigenvalue weighted by molar-refractivity contribution is 5.29. The molecule has 0 saturated carbocycles. The summed E-state index contributed by atoms with van der Waals surface area (Å²) in [6, 6.07) is 7.69.